The molecule has 13 heteroatoms. The smallest absolute Gasteiger partial charge is 0.428 e. The van der Waals surface area contributed by atoms with Crippen molar-refractivity contribution in [3.05, 3.63) is 65.0 Å². The number of carbonyl (C=O) groups is 3. The van der Waals surface area contributed by atoms with Crippen LogP contribution in [0.3, 0.4) is 0 Å². The van der Waals surface area contributed by atoms with Crippen LogP contribution in [0.4, 0.5) is 10.5 Å². The maximum Gasteiger partial charge on any atom is 0.428 e. The highest BCUT2D eigenvalue weighted by atomic mass is 32.2. The summed E-state index contributed by atoms with van der Waals surface area (Å²) in [6.07, 6.45) is 10.0. The largest absolute Gasteiger partial charge is 0.469 e. The van der Waals surface area contributed by atoms with Crippen LogP contribution in [0.5, 0.6) is 0 Å². The Kier molecular flexibility index (Phi) is 16.0. The van der Waals surface area contributed by atoms with E-state index in [0.717, 1.165) is 60.4 Å². The maximum atomic E-state index is 14.7. The first-order chi connectivity index (χ1) is 23.8. The van der Waals surface area contributed by atoms with Crippen LogP contribution in [0.15, 0.2) is 68.8 Å². The summed E-state index contributed by atoms with van der Waals surface area (Å²) in [6.45, 7) is 7.12. The third kappa shape index (κ3) is 12.3. The number of ether oxygens (including phenoxy) is 2. The fraction of sp³-hybridized carbons (Fsp3) is 0.459. The van der Waals surface area contributed by atoms with Gasteiger partial charge >= 0.3 is 12.1 Å². The number of nitrogens with one attached hydrogen (secondary N) is 1. The number of hydrazone groups is 1. The Hall–Kier alpha value is -3.68. The van der Waals surface area contributed by atoms with Gasteiger partial charge in [0.2, 0.25) is 5.91 Å². The Morgan fingerprint density at radius 1 is 0.920 bits per heavy atom. The molecular formula is C37H49N3O7S3. The molecule has 1 aromatic heterocycles. The van der Waals surface area contributed by atoms with Crippen LogP contribution in [0.1, 0.15) is 95.4 Å². The third-order valence-electron chi connectivity index (χ3n) is 7.64. The van der Waals surface area contributed by atoms with Gasteiger partial charge in [0.1, 0.15) is 10.5 Å². The Labute approximate surface area is 305 Å². The number of nitrogens with zero attached hydrogens (tertiary/aromatic N) is 2. The number of hydrogen-bond donors (Lipinski definition) is 1. The van der Waals surface area contributed by atoms with E-state index >= 15 is 0 Å². The number of anilines is 1. The second kappa shape index (κ2) is 19.6. The first-order valence-electron chi connectivity index (χ1n) is 16.8. The summed E-state index contributed by atoms with van der Waals surface area (Å²) >= 11 is 2.46. The first-order valence-corrected chi connectivity index (χ1v) is 20.3. The Morgan fingerprint density at radius 2 is 1.54 bits per heavy atom. The summed E-state index contributed by atoms with van der Waals surface area (Å²) in [7, 11) is -2.99. The summed E-state index contributed by atoms with van der Waals surface area (Å²) < 4.78 is 40.7. The zero-order valence-electron chi connectivity index (χ0n) is 29.8. The topological polar surface area (TPSA) is 131 Å². The lowest BCUT2D eigenvalue weighted by molar-refractivity contribution is -0.140. The van der Waals surface area contributed by atoms with Crippen LogP contribution in [0.2, 0.25) is 0 Å². The summed E-state index contributed by atoms with van der Waals surface area (Å²) in [5.41, 5.74) is 4.21. The molecule has 0 atom stereocenters. The van der Waals surface area contributed by atoms with E-state index in [4.69, 9.17) is 4.74 Å². The van der Waals surface area contributed by atoms with Gasteiger partial charge < -0.3 is 9.47 Å². The zero-order chi connectivity index (χ0) is 36.7. The number of unbranched alkanes of at least 4 members (excludes halogenated alkanes) is 7. The number of hydrogen-bond acceptors (Lipinski definition) is 10. The minimum Gasteiger partial charge on any atom is -0.469 e. The van der Waals surface area contributed by atoms with E-state index in [1.165, 1.54) is 42.5 Å². The molecule has 0 bridgehead atoms. The summed E-state index contributed by atoms with van der Waals surface area (Å²) in [4.78, 5) is 37.9. The van der Waals surface area contributed by atoms with E-state index in [0.29, 0.717) is 33.2 Å². The van der Waals surface area contributed by atoms with Gasteiger partial charge in [-0.15, -0.1) is 23.1 Å². The normalized spacial score (nSPS) is 11.8. The Morgan fingerprint density at radius 3 is 2.14 bits per heavy atom. The molecule has 0 spiro atoms. The van der Waals surface area contributed by atoms with Gasteiger partial charge in [0.05, 0.1) is 23.2 Å². The summed E-state index contributed by atoms with van der Waals surface area (Å²) in [6, 6.07) is 16.3. The van der Waals surface area contributed by atoms with Gasteiger partial charge in [0, 0.05) is 23.3 Å². The molecule has 50 heavy (non-hydrogen) atoms. The molecule has 2 amide bonds. The van der Waals surface area contributed by atoms with Crippen molar-refractivity contribution in [3.63, 3.8) is 0 Å². The number of esters is 1. The predicted molar refractivity (Wildman–Crippen MR) is 203 cm³/mol. The maximum absolute atomic E-state index is 14.7. The molecule has 0 aliphatic carbocycles. The Balaban J connectivity index is 1.85. The van der Waals surface area contributed by atoms with Crippen molar-refractivity contribution >= 4 is 63.0 Å². The van der Waals surface area contributed by atoms with Crippen LogP contribution in [-0.2, 0) is 29.1 Å². The average Bonchev–Trinajstić information content (AvgIpc) is 3.49. The van der Waals surface area contributed by atoms with Gasteiger partial charge in [-0.1, -0.05) is 81.0 Å². The van der Waals surface area contributed by atoms with E-state index in [2.05, 4.69) is 15.3 Å². The van der Waals surface area contributed by atoms with Gasteiger partial charge in [-0.2, -0.15) is 5.10 Å². The number of aryl methyl sites for hydroxylation is 1. The highest BCUT2D eigenvalue weighted by Gasteiger charge is 2.35. The fourth-order valence-electron chi connectivity index (χ4n) is 5.32. The van der Waals surface area contributed by atoms with E-state index in [-0.39, 0.29) is 17.3 Å². The minimum atomic E-state index is -4.39. The molecule has 1 heterocycles. The second-order valence-electron chi connectivity index (χ2n) is 12.8. The Bertz CT molecular complexity index is 1720. The van der Waals surface area contributed by atoms with Gasteiger partial charge in [0.15, 0.2) is 0 Å². The van der Waals surface area contributed by atoms with Crippen molar-refractivity contribution in [2.75, 3.05) is 17.7 Å². The number of sulfonamides is 1. The van der Waals surface area contributed by atoms with Crippen molar-refractivity contribution in [3.8, 4) is 11.1 Å². The van der Waals surface area contributed by atoms with Crippen LogP contribution in [-0.4, -0.2) is 51.6 Å². The number of carbonyl (C=O) groups excluding carboxylic acids is 3. The average molecular weight is 744 g/mol. The molecule has 3 rings (SSSR count). The second-order valence-corrected chi connectivity index (χ2v) is 16.7. The number of benzene rings is 2. The number of amides is 2. The summed E-state index contributed by atoms with van der Waals surface area (Å²) in [5, 5.41) is 3.95. The molecule has 272 valence electrons. The number of thioether (sulfide) groups is 1. The van der Waals surface area contributed by atoms with Gasteiger partial charge in [-0.3, -0.25) is 9.59 Å². The molecule has 0 saturated heterocycles. The van der Waals surface area contributed by atoms with Crippen molar-refractivity contribution in [2.45, 2.75) is 107 Å². The monoisotopic (exact) mass is 743 g/mol. The number of rotatable bonds is 18. The molecule has 0 radical (unpaired) electrons. The SMILES string of the molecule is COC(=O)CCCCCCCCCCC(=O)N(c1cccc(C)c1-c1ccccc1)S(=O)(=O)c1cc(C=NNC(=O)OC(C)(C)C)sc1SC. The predicted octanol–water partition coefficient (Wildman–Crippen LogP) is 9.10. The van der Waals surface area contributed by atoms with Crippen LogP contribution in [0, 0.1) is 6.92 Å². The molecule has 0 saturated carbocycles. The van der Waals surface area contributed by atoms with Crippen molar-refractivity contribution < 1.29 is 32.3 Å². The molecular weight excluding hydrogens is 695 g/mol. The van der Waals surface area contributed by atoms with Crippen LogP contribution in [0.25, 0.3) is 11.1 Å². The first kappa shape index (κ1) is 40.7. The van der Waals surface area contributed by atoms with Gasteiger partial charge in [0.25, 0.3) is 10.0 Å². The standard InChI is InChI=1S/C37H49N3O7S3/c1-27-19-18-22-30(34(27)28-20-14-13-15-21-28)40(32(41)23-16-11-9-7-8-10-12-17-24-33(42)46-5)50(44,45)31-25-29(49-35(31)48-6)26-38-39-36(43)47-37(2,3)4/h13-15,18-22,25-26H,7-12,16-17,23-24H2,1-6H3,(H,39,43). The fourth-order valence-corrected chi connectivity index (χ4v) is 9.39. The van der Waals surface area contributed by atoms with E-state index < -0.39 is 27.6 Å². The quantitative estimate of drug-likeness (QED) is 0.0449. The lowest BCUT2D eigenvalue weighted by atomic mass is 9.98. The molecule has 1 N–H and O–H groups in total. The summed E-state index contributed by atoms with van der Waals surface area (Å²) in [5.74, 6) is -0.687. The number of methoxy groups -OCH3 is 1. The molecule has 10 nitrogen and oxygen atoms in total. The minimum absolute atomic E-state index is 0.00483. The highest BCUT2D eigenvalue weighted by molar-refractivity contribution is 8.01. The molecule has 3 aromatic rings. The molecule has 0 aliphatic rings. The van der Waals surface area contributed by atoms with Crippen LogP contribution >= 0.6 is 23.1 Å². The highest BCUT2D eigenvalue weighted by Crippen LogP contribution is 2.41. The van der Waals surface area contributed by atoms with E-state index in [1.807, 2.05) is 43.3 Å². The lowest BCUT2D eigenvalue weighted by Crippen LogP contribution is -2.37. The van der Waals surface area contributed by atoms with E-state index in [9.17, 15) is 22.8 Å². The van der Waals surface area contributed by atoms with Crippen molar-refractivity contribution in [2.24, 2.45) is 5.10 Å². The zero-order valence-corrected chi connectivity index (χ0v) is 32.3. The van der Waals surface area contributed by atoms with Crippen LogP contribution < -0.4 is 9.73 Å². The molecule has 0 unspecified atom stereocenters. The van der Waals surface area contributed by atoms with Gasteiger partial charge in [-0.05, 0) is 70.1 Å². The van der Waals surface area contributed by atoms with Crippen molar-refractivity contribution in [1.29, 1.82) is 0 Å². The molecule has 2 aromatic carbocycles. The molecule has 0 fully saturated rings. The third-order valence-corrected chi connectivity index (χ3v) is 11.9. The van der Waals surface area contributed by atoms with Crippen molar-refractivity contribution in [1.82, 2.24) is 5.43 Å². The van der Waals surface area contributed by atoms with Gasteiger partial charge in [-0.25, -0.2) is 22.9 Å². The number of thiophene rings is 1. The van der Waals surface area contributed by atoms with E-state index in [1.54, 1.807) is 39.2 Å². The lowest BCUT2D eigenvalue weighted by Gasteiger charge is -2.26. The molecule has 0 aliphatic heterocycles.